The van der Waals surface area contributed by atoms with Crippen molar-refractivity contribution >= 4 is 5.91 Å². The molecule has 0 saturated heterocycles. The predicted octanol–water partition coefficient (Wildman–Crippen LogP) is 1.93. The molecular weight excluding hydrogens is 174 g/mol. The first kappa shape index (κ1) is 8.75. The Morgan fingerprint density at radius 3 is 2.71 bits per heavy atom. The van der Waals surface area contributed by atoms with Crippen LogP contribution >= 0.6 is 0 Å². The molecule has 0 aliphatic heterocycles. The van der Waals surface area contributed by atoms with E-state index >= 15 is 0 Å². The van der Waals surface area contributed by atoms with Gasteiger partial charge in [-0.2, -0.15) is 0 Å². The lowest BCUT2D eigenvalue weighted by Gasteiger charge is -2.45. The van der Waals surface area contributed by atoms with Crippen LogP contribution in [-0.2, 0) is 4.79 Å². The van der Waals surface area contributed by atoms with E-state index in [9.17, 15) is 4.79 Å². The molecule has 2 nitrogen and oxygen atoms in total. The molecule has 78 valence electrons. The number of hydrogen-bond donors (Lipinski definition) is 1. The van der Waals surface area contributed by atoms with Gasteiger partial charge < -0.3 is 5.73 Å². The lowest BCUT2D eigenvalue weighted by atomic mass is 9.59. The Labute approximate surface area is 85.2 Å². The van der Waals surface area contributed by atoms with Gasteiger partial charge >= 0.3 is 0 Å². The largest absolute Gasteiger partial charge is 0.370 e. The Kier molecular flexibility index (Phi) is 1.58. The number of amides is 1. The molecule has 0 aromatic heterocycles. The van der Waals surface area contributed by atoms with E-state index in [1.807, 2.05) is 0 Å². The highest BCUT2D eigenvalue weighted by Gasteiger charge is 2.84. The fourth-order valence-corrected chi connectivity index (χ4v) is 4.54. The quantitative estimate of drug-likeness (QED) is 0.666. The number of unbranched alkanes of at least 4 members (excludes halogenated alkanes) is 1. The molecule has 0 bridgehead atoms. The lowest BCUT2D eigenvalue weighted by Crippen LogP contribution is -2.39. The van der Waals surface area contributed by atoms with Crippen LogP contribution in [0.3, 0.4) is 0 Å². The van der Waals surface area contributed by atoms with Crippen LogP contribution in [0, 0.1) is 29.1 Å². The number of hydrogen-bond acceptors (Lipinski definition) is 1. The van der Waals surface area contributed by atoms with Gasteiger partial charge in [0.15, 0.2) is 0 Å². The van der Waals surface area contributed by atoms with Crippen molar-refractivity contribution in [2.24, 2.45) is 34.8 Å². The Balaban J connectivity index is 1.38. The maximum Gasteiger partial charge on any atom is 0.217 e. The van der Waals surface area contributed by atoms with Crippen LogP contribution in [0.25, 0.3) is 0 Å². The molecule has 0 spiro atoms. The minimum absolute atomic E-state index is 0.140. The highest BCUT2D eigenvalue weighted by atomic mass is 16.1. The number of rotatable bonds is 5. The SMILES string of the molecule is CC12C3CC1C2C3CCCCC(N)=O. The normalized spacial score (nSPS) is 51.5. The summed E-state index contributed by atoms with van der Waals surface area (Å²) in [5.74, 6) is 4.14. The van der Waals surface area contributed by atoms with Gasteiger partial charge in [0.2, 0.25) is 5.91 Å². The van der Waals surface area contributed by atoms with Gasteiger partial charge in [0.1, 0.15) is 0 Å². The van der Waals surface area contributed by atoms with Crippen LogP contribution in [0.2, 0.25) is 0 Å². The number of carbonyl (C=O) groups excluding carboxylic acids is 1. The predicted molar refractivity (Wildman–Crippen MR) is 54.3 cm³/mol. The monoisotopic (exact) mass is 193 g/mol. The second kappa shape index (κ2) is 2.53. The highest BCUT2D eigenvalue weighted by molar-refractivity contribution is 5.73. The topological polar surface area (TPSA) is 43.1 Å². The Morgan fingerprint density at radius 2 is 2.21 bits per heavy atom. The molecular formula is C12H19NO. The van der Waals surface area contributed by atoms with E-state index in [0.29, 0.717) is 6.42 Å². The number of carbonyl (C=O) groups is 1. The van der Waals surface area contributed by atoms with Crippen molar-refractivity contribution < 1.29 is 4.79 Å². The van der Waals surface area contributed by atoms with Gasteiger partial charge in [-0.25, -0.2) is 0 Å². The summed E-state index contributed by atoms with van der Waals surface area (Å²) >= 11 is 0. The van der Waals surface area contributed by atoms with Crippen LogP contribution in [0.15, 0.2) is 0 Å². The average Bonchev–Trinajstić information content (AvgIpc) is 2.56. The Hall–Kier alpha value is -0.530. The molecule has 3 aliphatic carbocycles. The Morgan fingerprint density at radius 1 is 1.43 bits per heavy atom. The molecule has 0 heterocycles. The minimum Gasteiger partial charge on any atom is -0.370 e. The van der Waals surface area contributed by atoms with Crippen molar-refractivity contribution in [3.8, 4) is 0 Å². The maximum atomic E-state index is 10.5. The fraction of sp³-hybridized carbons (Fsp3) is 0.917. The zero-order valence-electron chi connectivity index (χ0n) is 8.83. The first-order valence-electron chi connectivity index (χ1n) is 5.94. The smallest absolute Gasteiger partial charge is 0.217 e. The molecule has 2 N–H and O–H groups in total. The average molecular weight is 193 g/mol. The van der Waals surface area contributed by atoms with Crippen molar-refractivity contribution in [3.63, 3.8) is 0 Å². The van der Waals surface area contributed by atoms with E-state index in [1.165, 1.54) is 19.3 Å². The summed E-state index contributed by atoms with van der Waals surface area (Å²) in [6.07, 6.45) is 5.68. The molecule has 2 heteroatoms. The lowest BCUT2D eigenvalue weighted by molar-refractivity contribution is -0.118. The number of primary amides is 1. The fourth-order valence-electron chi connectivity index (χ4n) is 4.54. The summed E-state index contributed by atoms with van der Waals surface area (Å²) in [7, 11) is 0. The van der Waals surface area contributed by atoms with Crippen LogP contribution in [-0.4, -0.2) is 5.91 Å². The second-order valence-corrected chi connectivity index (χ2v) is 5.72. The molecule has 3 rings (SSSR count). The summed E-state index contributed by atoms with van der Waals surface area (Å²) in [6.45, 7) is 2.47. The summed E-state index contributed by atoms with van der Waals surface area (Å²) in [4.78, 5) is 10.5. The van der Waals surface area contributed by atoms with Crippen LogP contribution in [0.1, 0.15) is 39.0 Å². The van der Waals surface area contributed by atoms with Crippen molar-refractivity contribution in [1.29, 1.82) is 0 Å². The van der Waals surface area contributed by atoms with Gasteiger partial charge in [0.05, 0.1) is 0 Å². The standard InChI is InChI=1S/C12H19NO/c1-12-8-6-9(12)11(12)7(8)4-2-3-5-10(13)14/h7-9,11H,2-6H2,1H3,(H2,13,14). The van der Waals surface area contributed by atoms with Crippen molar-refractivity contribution in [1.82, 2.24) is 0 Å². The first-order valence-corrected chi connectivity index (χ1v) is 5.94. The van der Waals surface area contributed by atoms with E-state index in [-0.39, 0.29) is 5.91 Å². The molecule has 3 aliphatic rings. The number of nitrogens with two attached hydrogens (primary N) is 1. The van der Waals surface area contributed by atoms with E-state index in [2.05, 4.69) is 6.92 Å². The van der Waals surface area contributed by atoms with Crippen molar-refractivity contribution in [2.45, 2.75) is 39.0 Å². The minimum atomic E-state index is -0.140. The summed E-state index contributed by atoms with van der Waals surface area (Å²) in [5.41, 5.74) is 5.92. The summed E-state index contributed by atoms with van der Waals surface area (Å²) < 4.78 is 0. The van der Waals surface area contributed by atoms with Crippen molar-refractivity contribution in [3.05, 3.63) is 0 Å². The zero-order valence-corrected chi connectivity index (χ0v) is 8.83. The molecule has 3 fully saturated rings. The number of fused-ring (bicyclic) bond motifs is 1. The third kappa shape index (κ3) is 0.850. The van der Waals surface area contributed by atoms with Crippen LogP contribution in [0.5, 0.6) is 0 Å². The second-order valence-electron chi connectivity index (χ2n) is 5.72. The van der Waals surface area contributed by atoms with Crippen LogP contribution < -0.4 is 5.73 Å². The van der Waals surface area contributed by atoms with Gasteiger partial charge in [-0.3, -0.25) is 4.79 Å². The molecule has 1 amide bonds. The molecule has 0 aromatic rings. The van der Waals surface area contributed by atoms with Crippen molar-refractivity contribution in [2.75, 3.05) is 0 Å². The van der Waals surface area contributed by atoms with E-state index in [4.69, 9.17) is 5.73 Å². The summed E-state index contributed by atoms with van der Waals surface area (Å²) in [5, 5.41) is 0. The van der Waals surface area contributed by atoms with E-state index < -0.39 is 0 Å². The highest BCUT2D eigenvalue weighted by Crippen LogP contribution is 2.89. The first-order chi connectivity index (χ1) is 6.65. The van der Waals surface area contributed by atoms with Gasteiger partial charge in [-0.15, -0.1) is 0 Å². The summed E-state index contributed by atoms with van der Waals surface area (Å²) in [6, 6.07) is 0. The molecule has 3 saturated carbocycles. The van der Waals surface area contributed by atoms with Gasteiger partial charge in [-0.1, -0.05) is 13.3 Å². The zero-order chi connectivity index (χ0) is 9.92. The molecule has 5 atom stereocenters. The van der Waals surface area contributed by atoms with Gasteiger partial charge in [0.25, 0.3) is 0 Å². The van der Waals surface area contributed by atoms with Gasteiger partial charge in [0, 0.05) is 6.42 Å². The van der Waals surface area contributed by atoms with E-state index in [0.717, 1.165) is 35.5 Å². The molecule has 0 radical (unpaired) electrons. The molecule has 5 unspecified atom stereocenters. The Bertz CT molecular complexity index is 280. The van der Waals surface area contributed by atoms with E-state index in [1.54, 1.807) is 0 Å². The molecule has 14 heavy (non-hydrogen) atoms. The van der Waals surface area contributed by atoms with Crippen LogP contribution in [0.4, 0.5) is 0 Å². The third-order valence-corrected chi connectivity index (χ3v) is 5.34. The maximum absolute atomic E-state index is 10.5. The third-order valence-electron chi connectivity index (χ3n) is 5.34. The van der Waals surface area contributed by atoms with Gasteiger partial charge in [-0.05, 0) is 48.3 Å². The molecule has 0 aromatic carbocycles.